The quantitative estimate of drug-likeness (QED) is 0.816. The molecule has 1 aromatic heterocycles. The number of aliphatic hydroxyl groups excluding tert-OH is 1. The first kappa shape index (κ1) is 13.1. The highest BCUT2D eigenvalue weighted by molar-refractivity contribution is 7.14. The minimum atomic E-state index is -0.0108. The molecule has 2 N–H and O–H groups in total. The number of aliphatic hydroxyl groups is 1. The molecule has 1 aliphatic rings. The number of carbonyl (C=O) groups is 1. The Hall–Kier alpha value is -1.31. The van der Waals surface area contributed by atoms with Crippen molar-refractivity contribution in [3.63, 3.8) is 0 Å². The van der Waals surface area contributed by atoms with E-state index < -0.39 is 0 Å². The molecule has 1 heterocycles. The third kappa shape index (κ3) is 3.59. The van der Waals surface area contributed by atoms with Gasteiger partial charge in [-0.05, 0) is 30.4 Å². The van der Waals surface area contributed by atoms with E-state index in [0.717, 1.165) is 11.4 Å². The Bertz CT molecular complexity index is 491. The summed E-state index contributed by atoms with van der Waals surface area (Å²) in [4.78, 5) is 13.4. The molecule has 1 aromatic rings. The third-order valence-electron chi connectivity index (χ3n) is 3.06. The van der Waals surface area contributed by atoms with Crippen LogP contribution in [-0.2, 0) is 0 Å². The van der Waals surface area contributed by atoms with Gasteiger partial charge < -0.3 is 10.4 Å². The molecule has 3 nitrogen and oxygen atoms in total. The van der Waals surface area contributed by atoms with Gasteiger partial charge in [0.25, 0.3) is 5.91 Å². The Morgan fingerprint density at radius 3 is 3.00 bits per heavy atom. The van der Waals surface area contributed by atoms with E-state index in [4.69, 9.17) is 5.11 Å². The highest BCUT2D eigenvalue weighted by Gasteiger charge is 2.37. The normalized spacial score (nSPS) is 15.7. The zero-order valence-corrected chi connectivity index (χ0v) is 11.3. The number of carbonyl (C=O) groups excluding carboxylic acids is 1. The molecule has 1 amide bonds. The summed E-state index contributed by atoms with van der Waals surface area (Å²) in [6, 6.07) is 3.65. The lowest BCUT2D eigenvalue weighted by atomic mass is 10.1. The number of hydrogen-bond donors (Lipinski definition) is 2. The SMILES string of the molecule is CC1(CNC(=O)c2ccc(C#CCCO)s2)CC1. The number of rotatable bonds is 4. The number of amides is 1. The van der Waals surface area contributed by atoms with Gasteiger partial charge >= 0.3 is 0 Å². The molecule has 1 aliphatic carbocycles. The summed E-state index contributed by atoms with van der Waals surface area (Å²) in [5.41, 5.74) is 0.330. The molecule has 96 valence electrons. The molecule has 18 heavy (non-hydrogen) atoms. The van der Waals surface area contributed by atoms with E-state index in [1.807, 2.05) is 6.07 Å². The van der Waals surface area contributed by atoms with Crippen molar-refractivity contribution in [2.45, 2.75) is 26.2 Å². The summed E-state index contributed by atoms with van der Waals surface area (Å²) in [6.45, 7) is 3.02. The highest BCUT2D eigenvalue weighted by Crippen LogP contribution is 2.44. The maximum atomic E-state index is 11.9. The van der Waals surface area contributed by atoms with Crippen molar-refractivity contribution in [3.8, 4) is 11.8 Å². The summed E-state index contributed by atoms with van der Waals surface area (Å²) in [5, 5.41) is 11.6. The van der Waals surface area contributed by atoms with Crippen molar-refractivity contribution < 1.29 is 9.90 Å². The van der Waals surface area contributed by atoms with Crippen LogP contribution < -0.4 is 5.32 Å². The Morgan fingerprint density at radius 1 is 1.56 bits per heavy atom. The summed E-state index contributed by atoms with van der Waals surface area (Å²) < 4.78 is 0. The lowest BCUT2D eigenvalue weighted by molar-refractivity contribution is 0.0950. The van der Waals surface area contributed by atoms with E-state index in [-0.39, 0.29) is 12.5 Å². The Balaban J connectivity index is 1.89. The molecule has 0 bridgehead atoms. The second-order valence-electron chi connectivity index (χ2n) is 4.93. The van der Waals surface area contributed by atoms with Crippen LogP contribution >= 0.6 is 11.3 Å². The maximum Gasteiger partial charge on any atom is 0.261 e. The molecule has 2 rings (SSSR count). The molecular weight excluding hydrogens is 246 g/mol. The van der Waals surface area contributed by atoms with E-state index in [0.29, 0.717) is 16.7 Å². The van der Waals surface area contributed by atoms with Gasteiger partial charge in [-0.15, -0.1) is 11.3 Å². The first-order valence-electron chi connectivity index (χ1n) is 6.11. The average molecular weight is 263 g/mol. The summed E-state index contributed by atoms with van der Waals surface area (Å²) in [5.74, 6) is 5.77. The van der Waals surface area contributed by atoms with Gasteiger partial charge in [0.15, 0.2) is 0 Å². The van der Waals surface area contributed by atoms with E-state index in [1.54, 1.807) is 6.07 Å². The van der Waals surface area contributed by atoms with Crippen molar-refractivity contribution in [1.82, 2.24) is 5.32 Å². The van der Waals surface area contributed by atoms with Gasteiger partial charge in [-0.2, -0.15) is 0 Å². The zero-order valence-electron chi connectivity index (χ0n) is 10.5. The lowest BCUT2D eigenvalue weighted by Crippen LogP contribution is -2.28. The number of hydrogen-bond acceptors (Lipinski definition) is 3. The molecular formula is C14H17NO2S. The second-order valence-corrected chi connectivity index (χ2v) is 6.02. The molecule has 0 aromatic carbocycles. The van der Waals surface area contributed by atoms with Gasteiger partial charge in [0.1, 0.15) is 0 Å². The third-order valence-corrected chi connectivity index (χ3v) is 4.06. The molecule has 1 saturated carbocycles. The Labute approximate surface area is 111 Å². The van der Waals surface area contributed by atoms with Crippen LogP contribution in [0, 0.1) is 17.3 Å². The van der Waals surface area contributed by atoms with Gasteiger partial charge in [-0.1, -0.05) is 18.8 Å². The van der Waals surface area contributed by atoms with Crippen molar-refractivity contribution in [3.05, 3.63) is 21.9 Å². The fourth-order valence-electron chi connectivity index (χ4n) is 1.50. The van der Waals surface area contributed by atoms with Crippen LogP contribution in [-0.4, -0.2) is 24.2 Å². The van der Waals surface area contributed by atoms with E-state index in [9.17, 15) is 4.79 Å². The van der Waals surface area contributed by atoms with Crippen LogP contribution in [0.1, 0.15) is 40.7 Å². The topological polar surface area (TPSA) is 49.3 Å². The summed E-state index contributed by atoms with van der Waals surface area (Å²) in [7, 11) is 0. The molecule has 0 saturated heterocycles. The van der Waals surface area contributed by atoms with Crippen molar-refractivity contribution in [1.29, 1.82) is 0 Å². The standard InChI is InChI=1S/C14H17NO2S/c1-14(7-8-14)10-15-13(17)12-6-5-11(18-12)4-2-3-9-16/h5-6,16H,3,7-10H2,1H3,(H,15,17). The largest absolute Gasteiger partial charge is 0.395 e. The van der Waals surface area contributed by atoms with Crippen LogP contribution in [0.2, 0.25) is 0 Å². The lowest BCUT2D eigenvalue weighted by Gasteiger charge is -2.08. The van der Waals surface area contributed by atoms with Crippen molar-refractivity contribution in [2.75, 3.05) is 13.2 Å². The molecule has 0 spiro atoms. The molecule has 0 aliphatic heterocycles. The van der Waals surface area contributed by atoms with Crippen LogP contribution in [0.15, 0.2) is 12.1 Å². The minimum Gasteiger partial charge on any atom is -0.395 e. The Morgan fingerprint density at radius 2 is 2.33 bits per heavy atom. The monoisotopic (exact) mass is 263 g/mol. The van der Waals surface area contributed by atoms with Crippen molar-refractivity contribution in [2.24, 2.45) is 5.41 Å². The van der Waals surface area contributed by atoms with Crippen LogP contribution in [0.4, 0.5) is 0 Å². The van der Waals surface area contributed by atoms with Crippen LogP contribution in [0.25, 0.3) is 0 Å². The smallest absolute Gasteiger partial charge is 0.261 e. The fraction of sp³-hybridized carbons (Fsp3) is 0.500. The second kappa shape index (κ2) is 5.55. The zero-order chi connectivity index (χ0) is 13.0. The fourth-order valence-corrected chi connectivity index (χ4v) is 2.30. The van der Waals surface area contributed by atoms with Gasteiger partial charge in [-0.25, -0.2) is 0 Å². The maximum absolute atomic E-state index is 11.9. The molecule has 0 radical (unpaired) electrons. The molecule has 4 heteroatoms. The van der Waals surface area contributed by atoms with Crippen LogP contribution in [0.3, 0.4) is 0 Å². The molecule has 0 unspecified atom stereocenters. The van der Waals surface area contributed by atoms with E-state index in [2.05, 4.69) is 24.1 Å². The van der Waals surface area contributed by atoms with Crippen molar-refractivity contribution >= 4 is 17.2 Å². The van der Waals surface area contributed by atoms with Gasteiger partial charge in [0.05, 0.1) is 16.4 Å². The van der Waals surface area contributed by atoms with Gasteiger partial charge in [0, 0.05) is 13.0 Å². The molecule has 1 fully saturated rings. The number of nitrogens with one attached hydrogen (secondary N) is 1. The number of thiophene rings is 1. The highest BCUT2D eigenvalue weighted by atomic mass is 32.1. The summed E-state index contributed by atoms with van der Waals surface area (Å²) >= 11 is 1.40. The summed E-state index contributed by atoms with van der Waals surface area (Å²) in [6.07, 6.45) is 2.88. The van der Waals surface area contributed by atoms with Gasteiger partial charge in [-0.3, -0.25) is 4.79 Å². The first-order chi connectivity index (χ1) is 8.63. The average Bonchev–Trinajstić information content (AvgIpc) is 2.91. The Kier molecular flexibility index (Phi) is 4.05. The van der Waals surface area contributed by atoms with E-state index in [1.165, 1.54) is 24.2 Å². The minimum absolute atomic E-state index is 0.0108. The van der Waals surface area contributed by atoms with Gasteiger partial charge in [0.2, 0.25) is 0 Å². The predicted molar refractivity (Wildman–Crippen MR) is 72.6 cm³/mol. The van der Waals surface area contributed by atoms with E-state index >= 15 is 0 Å². The molecule has 0 atom stereocenters. The van der Waals surface area contributed by atoms with Crippen LogP contribution in [0.5, 0.6) is 0 Å². The predicted octanol–water partition coefficient (Wildman–Crippen LogP) is 2.01. The first-order valence-corrected chi connectivity index (χ1v) is 6.92.